The van der Waals surface area contributed by atoms with Crippen LogP contribution in [0.3, 0.4) is 0 Å². The van der Waals surface area contributed by atoms with Gasteiger partial charge in [0.05, 0.1) is 5.69 Å². The van der Waals surface area contributed by atoms with E-state index in [9.17, 15) is 8.42 Å². The molecule has 1 heterocycles. The van der Waals surface area contributed by atoms with Crippen molar-refractivity contribution in [2.45, 2.75) is 18.2 Å². The van der Waals surface area contributed by atoms with Crippen LogP contribution in [0.4, 0.5) is 5.69 Å². The molecule has 3 N–H and O–H groups in total. The molecule has 0 aliphatic heterocycles. The second-order valence-corrected chi connectivity index (χ2v) is 5.95. The monoisotopic (exact) mass is 294 g/mol. The highest BCUT2D eigenvalue weighted by Crippen LogP contribution is 2.20. The van der Waals surface area contributed by atoms with Gasteiger partial charge in [0.2, 0.25) is 10.0 Å². The first-order chi connectivity index (χ1) is 9.63. The van der Waals surface area contributed by atoms with Gasteiger partial charge in [0, 0.05) is 31.9 Å². The average molecular weight is 294 g/mol. The van der Waals surface area contributed by atoms with Gasteiger partial charge in [-0.05, 0) is 12.1 Å². The van der Waals surface area contributed by atoms with Gasteiger partial charge in [-0.2, -0.15) is 0 Å². The molecule has 0 saturated heterocycles. The molecule has 0 radical (unpaired) electrons. The number of nitrogens with zero attached hydrogens (tertiary/aromatic N) is 1. The number of benzene rings is 1. The summed E-state index contributed by atoms with van der Waals surface area (Å²) in [7, 11) is -3.46. The van der Waals surface area contributed by atoms with Crippen LogP contribution < -0.4 is 10.0 Å². The number of H-pyrrole nitrogens is 1. The van der Waals surface area contributed by atoms with E-state index in [1.54, 1.807) is 43.6 Å². The van der Waals surface area contributed by atoms with Crippen molar-refractivity contribution in [2.75, 3.05) is 18.4 Å². The fourth-order valence-corrected chi connectivity index (χ4v) is 3.09. The van der Waals surface area contributed by atoms with Gasteiger partial charge in [-0.15, -0.1) is 0 Å². The average Bonchev–Trinajstić information content (AvgIpc) is 2.92. The number of rotatable bonds is 7. The Morgan fingerprint density at radius 1 is 1.30 bits per heavy atom. The van der Waals surface area contributed by atoms with Crippen LogP contribution >= 0.6 is 0 Å². The lowest BCUT2D eigenvalue weighted by atomic mass is 10.3. The van der Waals surface area contributed by atoms with Crippen LogP contribution in [0.5, 0.6) is 0 Å². The third kappa shape index (κ3) is 3.58. The fraction of sp³-hybridized carbons (Fsp3) is 0.308. The molecule has 0 aliphatic carbocycles. The minimum atomic E-state index is -3.46. The highest BCUT2D eigenvalue weighted by atomic mass is 32.2. The maximum Gasteiger partial charge on any atom is 0.242 e. The molecule has 0 fully saturated rings. The highest BCUT2D eigenvalue weighted by Gasteiger charge is 2.16. The summed E-state index contributed by atoms with van der Waals surface area (Å²) in [6.45, 7) is 2.72. The first kappa shape index (κ1) is 14.5. The summed E-state index contributed by atoms with van der Waals surface area (Å²) in [5.74, 6) is 0.865. The smallest absolute Gasteiger partial charge is 0.242 e. The van der Waals surface area contributed by atoms with Gasteiger partial charge in [-0.3, -0.25) is 0 Å². The topological polar surface area (TPSA) is 86.9 Å². The summed E-state index contributed by atoms with van der Waals surface area (Å²) in [6.07, 6.45) is 4.15. The summed E-state index contributed by atoms with van der Waals surface area (Å²) >= 11 is 0. The summed E-state index contributed by atoms with van der Waals surface area (Å²) in [5.41, 5.74) is 0.597. The molecule has 2 aromatic rings. The first-order valence-electron chi connectivity index (χ1n) is 6.44. The molecular formula is C13H18N4O2S. The second kappa shape index (κ2) is 6.53. The summed E-state index contributed by atoms with van der Waals surface area (Å²) in [5, 5.41) is 3.14. The minimum Gasteiger partial charge on any atom is -0.383 e. The van der Waals surface area contributed by atoms with Gasteiger partial charge in [0.15, 0.2) is 0 Å². The molecule has 7 heteroatoms. The number of imidazole rings is 1. The van der Waals surface area contributed by atoms with Gasteiger partial charge in [-0.1, -0.05) is 19.1 Å². The molecular weight excluding hydrogens is 276 g/mol. The Morgan fingerprint density at radius 2 is 2.10 bits per heavy atom. The number of anilines is 1. The number of nitrogens with one attached hydrogen (secondary N) is 3. The fourth-order valence-electron chi connectivity index (χ4n) is 1.87. The van der Waals surface area contributed by atoms with Crippen LogP contribution in [0.2, 0.25) is 0 Å². The molecule has 0 atom stereocenters. The third-order valence-corrected chi connectivity index (χ3v) is 4.35. The molecule has 1 aromatic heterocycles. The molecule has 0 amide bonds. The first-order valence-corrected chi connectivity index (χ1v) is 7.92. The maximum absolute atomic E-state index is 12.1. The van der Waals surface area contributed by atoms with Crippen LogP contribution in [0, 0.1) is 0 Å². The van der Waals surface area contributed by atoms with Crippen LogP contribution in [0.1, 0.15) is 12.7 Å². The van der Waals surface area contributed by atoms with Crippen molar-refractivity contribution < 1.29 is 8.42 Å². The number of hydrogen-bond donors (Lipinski definition) is 3. The zero-order valence-corrected chi connectivity index (χ0v) is 12.1. The molecule has 0 unspecified atom stereocenters. The lowest BCUT2D eigenvalue weighted by molar-refractivity contribution is 0.584. The number of hydrogen-bond acceptors (Lipinski definition) is 4. The van der Waals surface area contributed by atoms with Crippen molar-refractivity contribution >= 4 is 15.7 Å². The summed E-state index contributed by atoms with van der Waals surface area (Å²) in [4.78, 5) is 7.39. The largest absolute Gasteiger partial charge is 0.383 e. The van der Waals surface area contributed by atoms with E-state index in [0.29, 0.717) is 25.2 Å². The quantitative estimate of drug-likeness (QED) is 0.719. The van der Waals surface area contributed by atoms with E-state index in [1.807, 2.05) is 0 Å². The van der Waals surface area contributed by atoms with Crippen molar-refractivity contribution in [3.05, 3.63) is 42.5 Å². The van der Waals surface area contributed by atoms with Crippen molar-refractivity contribution in [2.24, 2.45) is 0 Å². The molecule has 6 nitrogen and oxygen atoms in total. The van der Waals surface area contributed by atoms with Crippen LogP contribution in [0.15, 0.2) is 41.6 Å². The lowest BCUT2D eigenvalue weighted by Gasteiger charge is -2.12. The van der Waals surface area contributed by atoms with E-state index < -0.39 is 10.0 Å². The summed E-state index contributed by atoms with van der Waals surface area (Å²) < 4.78 is 26.6. The Kier molecular flexibility index (Phi) is 4.75. The van der Waals surface area contributed by atoms with E-state index in [2.05, 4.69) is 20.0 Å². The van der Waals surface area contributed by atoms with Crippen LogP contribution in [-0.2, 0) is 16.4 Å². The van der Waals surface area contributed by atoms with Gasteiger partial charge >= 0.3 is 0 Å². The van der Waals surface area contributed by atoms with Gasteiger partial charge in [0.25, 0.3) is 0 Å². The van der Waals surface area contributed by atoms with Crippen LogP contribution in [0.25, 0.3) is 0 Å². The predicted octanol–water partition coefficient (Wildman–Crippen LogP) is 1.36. The zero-order valence-electron chi connectivity index (χ0n) is 11.3. The van der Waals surface area contributed by atoms with E-state index in [0.717, 1.165) is 5.82 Å². The lowest BCUT2D eigenvalue weighted by Crippen LogP contribution is -2.24. The van der Waals surface area contributed by atoms with E-state index >= 15 is 0 Å². The number of para-hydroxylation sites is 1. The SMILES string of the molecule is CCNS(=O)(=O)c1ccccc1NCCc1ncc[nH]1. The molecule has 1 aromatic carbocycles. The predicted molar refractivity (Wildman–Crippen MR) is 78.1 cm³/mol. The second-order valence-electron chi connectivity index (χ2n) is 4.21. The summed E-state index contributed by atoms with van der Waals surface area (Å²) in [6, 6.07) is 6.86. The molecule has 2 rings (SSSR count). The zero-order chi connectivity index (χ0) is 14.4. The Hall–Kier alpha value is -1.86. The van der Waals surface area contributed by atoms with Crippen LogP contribution in [-0.4, -0.2) is 31.5 Å². The van der Waals surface area contributed by atoms with E-state index in [4.69, 9.17) is 0 Å². The minimum absolute atomic E-state index is 0.265. The van der Waals surface area contributed by atoms with Crippen molar-refractivity contribution in [3.63, 3.8) is 0 Å². The standard InChI is InChI=1S/C13H18N4O2S/c1-2-17-20(18,19)12-6-4-3-5-11(12)14-8-7-13-15-9-10-16-13/h3-6,9-10,14,17H,2,7-8H2,1H3,(H,15,16). The van der Waals surface area contributed by atoms with E-state index in [1.165, 1.54) is 0 Å². The van der Waals surface area contributed by atoms with Crippen molar-refractivity contribution in [1.82, 2.24) is 14.7 Å². The molecule has 20 heavy (non-hydrogen) atoms. The van der Waals surface area contributed by atoms with Crippen molar-refractivity contribution in [3.8, 4) is 0 Å². The molecule has 0 aliphatic rings. The molecule has 0 bridgehead atoms. The highest BCUT2D eigenvalue weighted by molar-refractivity contribution is 7.89. The maximum atomic E-state index is 12.1. The number of sulfonamides is 1. The Morgan fingerprint density at radius 3 is 2.80 bits per heavy atom. The molecule has 108 valence electrons. The third-order valence-electron chi connectivity index (χ3n) is 2.74. The number of aromatic amines is 1. The van der Waals surface area contributed by atoms with Gasteiger partial charge in [-0.25, -0.2) is 18.1 Å². The Labute approximate surface area is 118 Å². The number of aromatic nitrogens is 2. The molecule has 0 saturated carbocycles. The Balaban J connectivity index is 2.08. The molecule has 0 spiro atoms. The normalized spacial score (nSPS) is 11.4. The van der Waals surface area contributed by atoms with Gasteiger partial charge in [0.1, 0.15) is 10.7 Å². The van der Waals surface area contributed by atoms with Gasteiger partial charge < -0.3 is 10.3 Å². The van der Waals surface area contributed by atoms with E-state index in [-0.39, 0.29) is 4.90 Å². The Bertz CT molecular complexity index is 638. The van der Waals surface area contributed by atoms with Crippen molar-refractivity contribution in [1.29, 1.82) is 0 Å².